The number of thiophene rings is 1. The molecule has 0 saturated carbocycles. The Morgan fingerprint density at radius 3 is 2.70 bits per heavy atom. The molecule has 2 aromatic rings. The molecule has 0 spiro atoms. The first-order chi connectivity index (χ1) is 9.49. The minimum Gasteiger partial charge on any atom is -0.320 e. The van der Waals surface area contributed by atoms with Crippen LogP contribution < -0.4 is 5.32 Å². The molecule has 20 heavy (non-hydrogen) atoms. The van der Waals surface area contributed by atoms with E-state index in [4.69, 9.17) is 0 Å². The van der Waals surface area contributed by atoms with Gasteiger partial charge in [-0.25, -0.2) is 13.6 Å². The molecule has 0 fully saturated rings. The van der Waals surface area contributed by atoms with Gasteiger partial charge in [0.1, 0.15) is 11.6 Å². The lowest BCUT2D eigenvalue weighted by Gasteiger charge is -2.24. The minimum absolute atomic E-state index is 0.0402. The second-order valence-electron chi connectivity index (χ2n) is 4.36. The van der Waals surface area contributed by atoms with Gasteiger partial charge < -0.3 is 10.2 Å². The highest BCUT2D eigenvalue weighted by Gasteiger charge is 2.19. The van der Waals surface area contributed by atoms with Gasteiger partial charge >= 0.3 is 6.03 Å². The third kappa shape index (κ3) is 3.14. The summed E-state index contributed by atoms with van der Waals surface area (Å²) in [6.45, 7) is 1.88. The number of anilines is 1. The average Bonchev–Trinajstić information content (AvgIpc) is 2.94. The number of halogens is 2. The number of nitrogens with zero attached hydrogens (tertiary/aromatic N) is 1. The zero-order valence-corrected chi connectivity index (χ0v) is 11.9. The number of carbonyl (C=O) groups excluding carboxylic acids is 1. The van der Waals surface area contributed by atoms with Crippen LogP contribution in [-0.4, -0.2) is 18.0 Å². The molecule has 106 valence electrons. The summed E-state index contributed by atoms with van der Waals surface area (Å²) in [5, 5.41) is 4.36. The third-order valence-electron chi connectivity index (χ3n) is 3.03. The van der Waals surface area contributed by atoms with E-state index in [0.717, 1.165) is 17.0 Å². The molecule has 1 aromatic carbocycles. The zero-order valence-electron chi connectivity index (χ0n) is 11.1. The standard InChI is InChI=1S/C14H14F2N2OS/c1-9(13-4-3-7-20-13)18(2)14(19)17-12-6-5-10(15)8-11(12)16/h3-9H,1-2H3,(H,17,19). The van der Waals surface area contributed by atoms with Crippen molar-refractivity contribution in [1.82, 2.24) is 4.90 Å². The van der Waals surface area contributed by atoms with Gasteiger partial charge in [0.2, 0.25) is 0 Å². The van der Waals surface area contributed by atoms with E-state index in [1.807, 2.05) is 24.4 Å². The fourth-order valence-corrected chi connectivity index (χ4v) is 2.52. The molecule has 0 saturated heterocycles. The number of amides is 2. The van der Waals surface area contributed by atoms with E-state index in [-0.39, 0.29) is 11.7 Å². The molecular weight excluding hydrogens is 282 g/mol. The topological polar surface area (TPSA) is 32.3 Å². The van der Waals surface area contributed by atoms with E-state index in [9.17, 15) is 13.6 Å². The average molecular weight is 296 g/mol. The van der Waals surface area contributed by atoms with Crippen LogP contribution in [0.1, 0.15) is 17.8 Å². The van der Waals surface area contributed by atoms with Gasteiger partial charge in [-0.1, -0.05) is 6.07 Å². The Bertz CT molecular complexity index is 601. The Kier molecular flexibility index (Phi) is 4.34. The van der Waals surface area contributed by atoms with Gasteiger partial charge in [0, 0.05) is 18.0 Å². The van der Waals surface area contributed by atoms with Gasteiger partial charge in [-0.3, -0.25) is 0 Å². The number of benzene rings is 1. The van der Waals surface area contributed by atoms with E-state index < -0.39 is 17.7 Å². The highest BCUT2D eigenvalue weighted by Crippen LogP contribution is 2.24. The number of urea groups is 1. The normalized spacial score (nSPS) is 12.0. The molecule has 2 amide bonds. The van der Waals surface area contributed by atoms with Crippen LogP contribution in [0.15, 0.2) is 35.7 Å². The summed E-state index contributed by atoms with van der Waals surface area (Å²) >= 11 is 1.54. The highest BCUT2D eigenvalue weighted by molar-refractivity contribution is 7.10. The summed E-state index contributed by atoms with van der Waals surface area (Å²) in [7, 11) is 1.63. The van der Waals surface area contributed by atoms with Crippen molar-refractivity contribution in [2.24, 2.45) is 0 Å². The van der Waals surface area contributed by atoms with Gasteiger partial charge in [0.15, 0.2) is 0 Å². The molecule has 2 rings (SSSR count). The number of hydrogen-bond donors (Lipinski definition) is 1. The van der Waals surface area contributed by atoms with Crippen LogP contribution in [0.2, 0.25) is 0 Å². The number of nitrogens with one attached hydrogen (secondary N) is 1. The Morgan fingerprint density at radius 2 is 2.10 bits per heavy atom. The minimum atomic E-state index is -0.796. The first-order valence-electron chi connectivity index (χ1n) is 6.01. The smallest absolute Gasteiger partial charge is 0.320 e. The highest BCUT2D eigenvalue weighted by atomic mass is 32.1. The van der Waals surface area contributed by atoms with Crippen LogP contribution >= 0.6 is 11.3 Å². The van der Waals surface area contributed by atoms with Crippen LogP contribution in [-0.2, 0) is 0 Å². The van der Waals surface area contributed by atoms with Crippen LogP contribution in [0.3, 0.4) is 0 Å². The largest absolute Gasteiger partial charge is 0.322 e. The molecule has 0 radical (unpaired) electrons. The summed E-state index contributed by atoms with van der Waals surface area (Å²) in [6.07, 6.45) is 0. The summed E-state index contributed by atoms with van der Waals surface area (Å²) in [5.74, 6) is -1.48. The van der Waals surface area contributed by atoms with Gasteiger partial charge in [-0.2, -0.15) is 0 Å². The van der Waals surface area contributed by atoms with Crippen molar-refractivity contribution >= 4 is 23.1 Å². The van der Waals surface area contributed by atoms with Gasteiger partial charge in [0.25, 0.3) is 0 Å². The Labute approximate surface area is 119 Å². The Balaban J connectivity index is 2.08. The molecule has 1 unspecified atom stereocenters. The molecule has 1 heterocycles. The quantitative estimate of drug-likeness (QED) is 0.902. The lowest BCUT2D eigenvalue weighted by Crippen LogP contribution is -2.33. The third-order valence-corrected chi connectivity index (χ3v) is 4.07. The lowest BCUT2D eigenvalue weighted by molar-refractivity contribution is 0.209. The van der Waals surface area contributed by atoms with Crippen LogP contribution in [0.5, 0.6) is 0 Å². The van der Waals surface area contributed by atoms with Crippen LogP contribution in [0.25, 0.3) is 0 Å². The summed E-state index contributed by atoms with van der Waals surface area (Å²) in [6, 6.07) is 6.29. The fourth-order valence-electron chi connectivity index (χ4n) is 1.69. The maximum atomic E-state index is 13.5. The molecule has 3 nitrogen and oxygen atoms in total. The molecule has 0 aliphatic rings. The number of carbonyl (C=O) groups is 1. The Morgan fingerprint density at radius 1 is 1.35 bits per heavy atom. The summed E-state index contributed by atoms with van der Waals surface area (Å²) in [4.78, 5) is 14.5. The molecule has 0 aliphatic carbocycles. The van der Waals surface area contributed by atoms with Crippen LogP contribution in [0.4, 0.5) is 19.3 Å². The second kappa shape index (κ2) is 6.00. The van der Waals surface area contributed by atoms with Crippen molar-refractivity contribution in [2.75, 3.05) is 12.4 Å². The van der Waals surface area contributed by atoms with E-state index in [1.54, 1.807) is 18.4 Å². The van der Waals surface area contributed by atoms with Crippen molar-refractivity contribution < 1.29 is 13.6 Å². The monoisotopic (exact) mass is 296 g/mol. The molecular formula is C14H14F2N2OS. The van der Waals surface area contributed by atoms with Crippen molar-refractivity contribution in [3.63, 3.8) is 0 Å². The maximum absolute atomic E-state index is 13.5. The number of rotatable bonds is 3. The van der Waals surface area contributed by atoms with Crippen molar-refractivity contribution in [3.05, 3.63) is 52.2 Å². The van der Waals surface area contributed by atoms with Crippen molar-refractivity contribution in [1.29, 1.82) is 0 Å². The summed E-state index contributed by atoms with van der Waals surface area (Å²) < 4.78 is 26.3. The maximum Gasteiger partial charge on any atom is 0.322 e. The van der Waals surface area contributed by atoms with E-state index in [1.165, 1.54) is 11.0 Å². The molecule has 6 heteroatoms. The molecule has 0 aliphatic heterocycles. The van der Waals surface area contributed by atoms with Gasteiger partial charge in [0.05, 0.1) is 11.7 Å². The molecule has 1 aromatic heterocycles. The zero-order chi connectivity index (χ0) is 14.7. The van der Waals surface area contributed by atoms with Gasteiger partial charge in [-0.05, 0) is 30.5 Å². The predicted molar refractivity (Wildman–Crippen MR) is 75.9 cm³/mol. The second-order valence-corrected chi connectivity index (χ2v) is 5.34. The van der Waals surface area contributed by atoms with Gasteiger partial charge in [-0.15, -0.1) is 11.3 Å². The fraction of sp³-hybridized carbons (Fsp3) is 0.214. The van der Waals surface area contributed by atoms with Crippen molar-refractivity contribution in [2.45, 2.75) is 13.0 Å². The number of hydrogen-bond acceptors (Lipinski definition) is 2. The predicted octanol–water partition coefficient (Wildman–Crippen LogP) is 4.25. The molecule has 1 atom stereocenters. The SMILES string of the molecule is CC(c1cccs1)N(C)C(=O)Nc1ccc(F)cc1F. The summed E-state index contributed by atoms with van der Waals surface area (Å²) in [5.41, 5.74) is -0.0402. The van der Waals surface area contributed by atoms with Crippen molar-refractivity contribution in [3.8, 4) is 0 Å². The van der Waals surface area contributed by atoms with Crippen LogP contribution in [0, 0.1) is 11.6 Å². The lowest BCUT2D eigenvalue weighted by atomic mass is 10.2. The van der Waals surface area contributed by atoms with E-state index in [2.05, 4.69) is 5.32 Å². The Hall–Kier alpha value is -1.95. The first-order valence-corrected chi connectivity index (χ1v) is 6.89. The van der Waals surface area contributed by atoms with E-state index >= 15 is 0 Å². The molecule has 1 N–H and O–H groups in total. The van der Waals surface area contributed by atoms with E-state index in [0.29, 0.717) is 0 Å². The molecule has 0 bridgehead atoms. The first kappa shape index (κ1) is 14.5.